The van der Waals surface area contributed by atoms with Crippen LogP contribution in [-0.4, -0.2) is 49.6 Å². The van der Waals surface area contributed by atoms with Gasteiger partial charge in [-0.15, -0.1) is 24.0 Å². The van der Waals surface area contributed by atoms with Crippen LogP contribution in [0, 0.1) is 5.92 Å². The molecule has 4 nitrogen and oxygen atoms in total. The van der Waals surface area contributed by atoms with E-state index < -0.39 is 0 Å². The lowest BCUT2D eigenvalue weighted by Gasteiger charge is -2.29. The Morgan fingerprint density at radius 3 is 2.58 bits per heavy atom. The van der Waals surface area contributed by atoms with Crippen LogP contribution in [0.2, 0.25) is 0 Å². The summed E-state index contributed by atoms with van der Waals surface area (Å²) in [4.78, 5) is 7.14. The molecule has 0 bridgehead atoms. The fraction of sp³-hybridized carbons (Fsp3) is 0.929. The molecule has 1 saturated heterocycles. The van der Waals surface area contributed by atoms with E-state index in [4.69, 9.17) is 4.99 Å². The predicted octanol–water partition coefficient (Wildman–Crippen LogP) is 2.30. The average molecular weight is 382 g/mol. The molecule has 1 aliphatic rings. The first-order valence-corrected chi connectivity index (χ1v) is 7.15. The molecular weight excluding hydrogens is 351 g/mol. The summed E-state index contributed by atoms with van der Waals surface area (Å²) in [5, 5.41) is 6.75. The van der Waals surface area contributed by atoms with Crippen molar-refractivity contribution in [2.24, 2.45) is 10.9 Å². The number of likely N-dealkylation sites (tertiary alicyclic amines) is 1. The van der Waals surface area contributed by atoms with Crippen LogP contribution < -0.4 is 10.6 Å². The third-order valence-corrected chi connectivity index (χ3v) is 3.07. The summed E-state index contributed by atoms with van der Waals surface area (Å²) >= 11 is 0. The minimum Gasteiger partial charge on any atom is -0.357 e. The third-order valence-electron chi connectivity index (χ3n) is 3.07. The van der Waals surface area contributed by atoms with E-state index in [1.807, 2.05) is 0 Å². The lowest BCUT2D eigenvalue weighted by molar-refractivity contribution is 0.214. The Balaban J connectivity index is 0.00000324. The molecule has 0 aromatic rings. The molecule has 0 radical (unpaired) electrons. The first kappa shape index (κ1) is 19.0. The summed E-state index contributed by atoms with van der Waals surface area (Å²) in [5.41, 5.74) is 0.0599. The Kier molecular flexibility index (Phi) is 8.98. The van der Waals surface area contributed by atoms with Gasteiger partial charge in [0.1, 0.15) is 0 Å². The molecule has 1 aliphatic heterocycles. The summed E-state index contributed by atoms with van der Waals surface area (Å²) in [5.74, 6) is 1.65. The maximum atomic E-state index is 4.72. The van der Waals surface area contributed by atoms with Crippen LogP contribution in [0.4, 0.5) is 0 Å². The van der Waals surface area contributed by atoms with E-state index in [0.717, 1.165) is 19.0 Å². The van der Waals surface area contributed by atoms with Crippen molar-refractivity contribution in [2.45, 2.75) is 46.1 Å². The molecule has 0 aliphatic carbocycles. The highest BCUT2D eigenvalue weighted by molar-refractivity contribution is 14.0. The number of hydrogen-bond acceptors (Lipinski definition) is 2. The maximum absolute atomic E-state index is 4.72. The summed E-state index contributed by atoms with van der Waals surface area (Å²) in [7, 11) is 2.20. The van der Waals surface area contributed by atoms with Crippen LogP contribution in [-0.2, 0) is 0 Å². The molecule has 1 unspecified atom stereocenters. The second kappa shape index (κ2) is 9.00. The summed E-state index contributed by atoms with van der Waals surface area (Å²) in [6.45, 7) is 12.8. The smallest absolute Gasteiger partial charge is 0.191 e. The van der Waals surface area contributed by atoms with Crippen LogP contribution >= 0.6 is 24.0 Å². The topological polar surface area (TPSA) is 39.7 Å². The van der Waals surface area contributed by atoms with E-state index >= 15 is 0 Å². The Hall–Kier alpha value is -0.0400. The highest BCUT2D eigenvalue weighted by atomic mass is 127. The summed E-state index contributed by atoms with van der Waals surface area (Å²) in [6.07, 6.45) is 2.61. The van der Waals surface area contributed by atoms with Crippen LogP contribution in [0.5, 0.6) is 0 Å². The first-order valence-electron chi connectivity index (χ1n) is 7.15. The summed E-state index contributed by atoms with van der Waals surface area (Å²) < 4.78 is 0. The normalized spacial score (nSPS) is 21.7. The second-order valence-corrected chi connectivity index (χ2v) is 6.37. The molecule has 0 amide bonds. The van der Waals surface area contributed by atoms with Gasteiger partial charge < -0.3 is 15.5 Å². The molecule has 0 aromatic heterocycles. The van der Waals surface area contributed by atoms with Crippen LogP contribution in [0.3, 0.4) is 0 Å². The van der Waals surface area contributed by atoms with E-state index in [1.54, 1.807) is 0 Å². The fourth-order valence-corrected chi connectivity index (χ4v) is 2.30. The van der Waals surface area contributed by atoms with Gasteiger partial charge in [0.25, 0.3) is 0 Å². The largest absolute Gasteiger partial charge is 0.357 e. The zero-order valence-corrected chi connectivity index (χ0v) is 15.5. The van der Waals surface area contributed by atoms with Gasteiger partial charge in [-0.05, 0) is 60.0 Å². The van der Waals surface area contributed by atoms with Crippen molar-refractivity contribution in [2.75, 3.05) is 33.2 Å². The molecule has 1 heterocycles. The average Bonchev–Trinajstić information content (AvgIpc) is 2.24. The van der Waals surface area contributed by atoms with Crippen molar-refractivity contribution in [3.63, 3.8) is 0 Å². The molecule has 0 spiro atoms. The minimum absolute atomic E-state index is 0. The zero-order chi connectivity index (χ0) is 13.6. The van der Waals surface area contributed by atoms with Gasteiger partial charge in [0.2, 0.25) is 0 Å². The Labute approximate surface area is 135 Å². The molecule has 1 fully saturated rings. The lowest BCUT2D eigenvalue weighted by atomic mass is 9.99. The molecule has 2 N–H and O–H groups in total. The second-order valence-electron chi connectivity index (χ2n) is 6.37. The van der Waals surface area contributed by atoms with Crippen LogP contribution in [0.15, 0.2) is 4.99 Å². The molecular formula is C14H31IN4. The van der Waals surface area contributed by atoms with Gasteiger partial charge in [-0.25, -0.2) is 0 Å². The van der Waals surface area contributed by atoms with Crippen LogP contribution in [0.1, 0.15) is 40.5 Å². The standard InChI is InChI=1S/C14H30N4.HI/c1-6-15-13(17-14(2,3)4)16-10-12-8-7-9-18(5)11-12;/h12H,6-11H2,1-5H3,(H2,15,16,17);1H. The number of aliphatic imine (C=N–C) groups is 1. The molecule has 1 rings (SSSR count). The van der Waals surface area contributed by atoms with Gasteiger partial charge in [0.05, 0.1) is 0 Å². The third kappa shape index (κ3) is 8.68. The first-order chi connectivity index (χ1) is 8.40. The number of nitrogens with zero attached hydrogens (tertiary/aromatic N) is 2. The molecule has 19 heavy (non-hydrogen) atoms. The Morgan fingerprint density at radius 1 is 1.37 bits per heavy atom. The molecule has 5 heteroatoms. The number of rotatable bonds is 3. The highest BCUT2D eigenvalue weighted by Gasteiger charge is 2.17. The van der Waals surface area contributed by atoms with Crippen molar-refractivity contribution >= 4 is 29.9 Å². The molecule has 1 atom stereocenters. The molecule has 0 aromatic carbocycles. The van der Waals surface area contributed by atoms with Gasteiger partial charge >= 0.3 is 0 Å². The van der Waals surface area contributed by atoms with Crippen molar-refractivity contribution in [3.8, 4) is 0 Å². The lowest BCUT2D eigenvalue weighted by Crippen LogP contribution is -2.48. The van der Waals surface area contributed by atoms with Gasteiger partial charge in [0.15, 0.2) is 5.96 Å². The van der Waals surface area contributed by atoms with E-state index in [2.05, 4.69) is 50.3 Å². The molecule has 0 saturated carbocycles. The fourth-order valence-electron chi connectivity index (χ4n) is 2.30. The van der Waals surface area contributed by atoms with Crippen LogP contribution in [0.25, 0.3) is 0 Å². The predicted molar refractivity (Wildman–Crippen MR) is 94.5 cm³/mol. The Morgan fingerprint density at radius 2 is 2.05 bits per heavy atom. The Bertz CT molecular complexity index is 273. The van der Waals surface area contributed by atoms with E-state index in [0.29, 0.717) is 5.92 Å². The van der Waals surface area contributed by atoms with Gasteiger partial charge in [0, 0.05) is 25.2 Å². The zero-order valence-electron chi connectivity index (χ0n) is 13.1. The van der Waals surface area contributed by atoms with Gasteiger partial charge in [-0.3, -0.25) is 4.99 Å². The van der Waals surface area contributed by atoms with E-state index in [-0.39, 0.29) is 29.5 Å². The van der Waals surface area contributed by atoms with Crippen molar-refractivity contribution < 1.29 is 0 Å². The number of nitrogens with one attached hydrogen (secondary N) is 2. The summed E-state index contributed by atoms with van der Waals surface area (Å²) in [6, 6.07) is 0. The van der Waals surface area contributed by atoms with Crippen molar-refractivity contribution in [1.29, 1.82) is 0 Å². The number of hydrogen-bond donors (Lipinski definition) is 2. The monoisotopic (exact) mass is 382 g/mol. The number of halogens is 1. The van der Waals surface area contributed by atoms with Gasteiger partial charge in [-0.2, -0.15) is 0 Å². The van der Waals surface area contributed by atoms with Gasteiger partial charge in [-0.1, -0.05) is 0 Å². The molecule has 114 valence electrons. The SMILES string of the molecule is CCNC(=NCC1CCCN(C)C1)NC(C)(C)C.I. The number of guanidine groups is 1. The van der Waals surface area contributed by atoms with E-state index in [1.165, 1.54) is 25.9 Å². The highest BCUT2D eigenvalue weighted by Crippen LogP contribution is 2.15. The minimum atomic E-state index is 0. The van der Waals surface area contributed by atoms with E-state index in [9.17, 15) is 0 Å². The number of piperidine rings is 1. The quantitative estimate of drug-likeness (QED) is 0.447. The van der Waals surface area contributed by atoms with Crippen molar-refractivity contribution in [1.82, 2.24) is 15.5 Å². The van der Waals surface area contributed by atoms with Crippen molar-refractivity contribution in [3.05, 3.63) is 0 Å². The maximum Gasteiger partial charge on any atom is 0.191 e.